The number of rotatable bonds is 6. The zero-order valence-electron chi connectivity index (χ0n) is 12.9. The lowest BCUT2D eigenvalue weighted by Gasteiger charge is -2.21. The maximum atomic E-state index is 6.17. The van der Waals surface area contributed by atoms with E-state index in [1.54, 1.807) is 10.9 Å². The van der Waals surface area contributed by atoms with E-state index < -0.39 is 0 Å². The van der Waals surface area contributed by atoms with Crippen LogP contribution < -0.4 is 11.1 Å². The molecule has 3 rings (SSSR count). The van der Waals surface area contributed by atoms with Crippen LogP contribution in [0.2, 0.25) is 0 Å². The molecule has 1 aliphatic heterocycles. The Balaban J connectivity index is 1.61. The fourth-order valence-electron chi connectivity index (χ4n) is 2.85. The van der Waals surface area contributed by atoms with Gasteiger partial charge >= 0.3 is 0 Å². The van der Waals surface area contributed by atoms with Crippen molar-refractivity contribution in [3.05, 3.63) is 24.8 Å². The molecule has 118 valence electrons. The van der Waals surface area contributed by atoms with Gasteiger partial charge in [0.05, 0.1) is 0 Å². The molecule has 1 atom stereocenters. The van der Waals surface area contributed by atoms with Crippen molar-refractivity contribution in [2.75, 3.05) is 37.2 Å². The second-order valence-electron chi connectivity index (χ2n) is 5.90. The second kappa shape index (κ2) is 6.74. The third kappa shape index (κ3) is 3.36. The van der Waals surface area contributed by atoms with E-state index in [-0.39, 0.29) is 0 Å². The first-order valence-corrected chi connectivity index (χ1v) is 7.81. The van der Waals surface area contributed by atoms with Crippen molar-refractivity contribution in [3.8, 4) is 5.82 Å². The highest BCUT2D eigenvalue weighted by atomic mass is 15.3. The van der Waals surface area contributed by atoms with E-state index in [1.807, 2.05) is 12.3 Å². The minimum absolute atomic E-state index is 0.527. The Bertz CT molecular complexity index is 590. The summed E-state index contributed by atoms with van der Waals surface area (Å²) in [4.78, 5) is 11.0. The van der Waals surface area contributed by atoms with Gasteiger partial charge in [-0.15, -0.1) is 0 Å². The summed E-state index contributed by atoms with van der Waals surface area (Å²) in [6, 6.07) is 1.84. The highest BCUT2D eigenvalue weighted by Crippen LogP contribution is 2.21. The average Bonchev–Trinajstić information content (AvgIpc) is 3.19. The van der Waals surface area contributed by atoms with Crippen molar-refractivity contribution in [2.24, 2.45) is 5.92 Å². The molecule has 0 aliphatic carbocycles. The van der Waals surface area contributed by atoms with E-state index in [4.69, 9.17) is 5.73 Å². The molecule has 7 nitrogen and oxygen atoms in total. The molecule has 0 radical (unpaired) electrons. The molecule has 0 aromatic carbocycles. The predicted molar refractivity (Wildman–Crippen MR) is 86.9 cm³/mol. The Morgan fingerprint density at radius 1 is 1.32 bits per heavy atom. The molecular weight excluding hydrogens is 278 g/mol. The minimum atomic E-state index is 0.527. The normalized spacial score (nSPS) is 16.8. The summed E-state index contributed by atoms with van der Waals surface area (Å²) in [7, 11) is 0. The van der Waals surface area contributed by atoms with Crippen LogP contribution in [0.1, 0.15) is 19.8 Å². The molecule has 1 saturated heterocycles. The number of nitrogen functional groups attached to an aromatic ring is 1. The Kier molecular flexibility index (Phi) is 4.53. The molecule has 2 aromatic rings. The molecule has 0 saturated carbocycles. The molecule has 0 bridgehead atoms. The molecule has 1 fully saturated rings. The summed E-state index contributed by atoms with van der Waals surface area (Å²) < 4.78 is 1.65. The van der Waals surface area contributed by atoms with E-state index in [0.29, 0.717) is 23.2 Å². The standard InChI is InChI=1S/C15H23N7/c1-12(10-21-6-2-3-7-21)9-17-14-13(16)15(19-11-18-14)22-8-4-5-20-22/h4-5,8,11-12H,2-3,6-7,9-10,16H2,1H3,(H,17,18,19). The van der Waals surface area contributed by atoms with Crippen LogP contribution in [0, 0.1) is 5.92 Å². The van der Waals surface area contributed by atoms with E-state index in [0.717, 1.165) is 13.1 Å². The van der Waals surface area contributed by atoms with Crippen molar-refractivity contribution < 1.29 is 0 Å². The number of nitrogens with one attached hydrogen (secondary N) is 1. The lowest BCUT2D eigenvalue weighted by molar-refractivity contribution is 0.294. The molecule has 3 N–H and O–H groups in total. The monoisotopic (exact) mass is 301 g/mol. The minimum Gasteiger partial charge on any atom is -0.393 e. The van der Waals surface area contributed by atoms with Gasteiger partial charge in [-0.3, -0.25) is 0 Å². The molecule has 2 aromatic heterocycles. The largest absolute Gasteiger partial charge is 0.393 e. The number of nitrogens with two attached hydrogens (primary N) is 1. The SMILES string of the molecule is CC(CNc1ncnc(-n2cccn2)c1N)CN1CCCC1. The molecule has 1 aliphatic rings. The summed E-state index contributed by atoms with van der Waals surface area (Å²) in [5.41, 5.74) is 6.69. The van der Waals surface area contributed by atoms with Crippen molar-refractivity contribution in [1.82, 2.24) is 24.6 Å². The summed E-state index contributed by atoms with van der Waals surface area (Å²) >= 11 is 0. The van der Waals surface area contributed by atoms with Crippen LogP contribution in [0.15, 0.2) is 24.8 Å². The van der Waals surface area contributed by atoms with Crippen LogP contribution in [0.4, 0.5) is 11.5 Å². The van der Waals surface area contributed by atoms with E-state index in [2.05, 4.69) is 32.2 Å². The highest BCUT2D eigenvalue weighted by Gasteiger charge is 2.15. The van der Waals surface area contributed by atoms with Crippen molar-refractivity contribution in [3.63, 3.8) is 0 Å². The average molecular weight is 301 g/mol. The van der Waals surface area contributed by atoms with Crippen LogP contribution in [0.25, 0.3) is 5.82 Å². The molecule has 0 amide bonds. The Hall–Kier alpha value is -2.15. The topological polar surface area (TPSA) is 84.9 Å². The maximum Gasteiger partial charge on any atom is 0.181 e. The van der Waals surface area contributed by atoms with Crippen molar-refractivity contribution >= 4 is 11.5 Å². The molecule has 0 spiro atoms. The third-order valence-electron chi connectivity index (χ3n) is 3.97. The van der Waals surface area contributed by atoms with Gasteiger partial charge in [-0.05, 0) is 37.9 Å². The van der Waals surface area contributed by atoms with Crippen LogP contribution >= 0.6 is 0 Å². The number of hydrogen-bond acceptors (Lipinski definition) is 6. The number of hydrogen-bond donors (Lipinski definition) is 2. The van der Waals surface area contributed by atoms with Crippen molar-refractivity contribution in [1.29, 1.82) is 0 Å². The predicted octanol–water partition coefficient (Wildman–Crippen LogP) is 1.39. The van der Waals surface area contributed by atoms with Gasteiger partial charge in [-0.25, -0.2) is 14.6 Å². The first kappa shape index (κ1) is 14.8. The lowest BCUT2D eigenvalue weighted by atomic mass is 10.1. The quantitative estimate of drug-likeness (QED) is 0.838. The highest BCUT2D eigenvalue weighted by molar-refractivity contribution is 5.68. The fraction of sp³-hybridized carbons (Fsp3) is 0.533. The lowest BCUT2D eigenvalue weighted by Crippen LogP contribution is -2.29. The Morgan fingerprint density at radius 3 is 2.86 bits per heavy atom. The molecule has 1 unspecified atom stereocenters. The van der Waals surface area contributed by atoms with Gasteiger partial charge in [-0.2, -0.15) is 5.10 Å². The fourth-order valence-corrected chi connectivity index (χ4v) is 2.85. The van der Waals surface area contributed by atoms with Gasteiger partial charge in [0, 0.05) is 25.5 Å². The summed E-state index contributed by atoms with van der Waals surface area (Å²) in [5, 5.41) is 7.51. The number of likely N-dealkylation sites (tertiary alicyclic amines) is 1. The first-order valence-electron chi connectivity index (χ1n) is 7.81. The van der Waals surface area contributed by atoms with Gasteiger partial charge < -0.3 is 16.0 Å². The summed E-state index contributed by atoms with van der Waals surface area (Å²) in [6.07, 6.45) is 7.69. The number of nitrogens with zero attached hydrogens (tertiary/aromatic N) is 5. The zero-order chi connectivity index (χ0) is 15.4. The van der Waals surface area contributed by atoms with Crippen LogP contribution in [-0.2, 0) is 0 Å². The second-order valence-corrected chi connectivity index (χ2v) is 5.90. The summed E-state index contributed by atoms with van der Waals surface area (Å²) in [6.45, 7) is 6.66. The molecule has 7 heteroatoms. The van der Waals surface area contributed by atoms with E-state index in [1.165, 1.54) is 32.3 Å². The third-order valence-corrected chi connectivity index (χ3v) is 3.97. The van der Waals surface area contributed by atoms with Crippen LogP contribution in [0.3, 0.4) is 0 Å². The molecule has 22 heavy (non-hydrogen) atoms. The van der Waals surface area contributed by atoms with Gasteiger partial charge in [-0.1, -0.05) is 6.92 Å². The first-order chi connectivity index (χ1) is 10.7. The van der Waals surface area contributed by atoms with Gasteiger partial charge in [0.2, 0.25) is 0 Å². The Labute approximate surface area is 130 Å². The van der Waals surface area contributed by atoms with Gasteiger partial charge in [0.1, 0.15) is 12.0 Å². The van der Waals surface area contributed by atoms with E-state index >= 15 is 0 Å². The maximum absolute atomic E-state index is 6.17. The summed E-state index contributed by atoms with van der Waals surface area (Å²) in [5.74, 6) is 1.82. The number of aromatic nitrogens is 4. The molecular formula is C15H23N7. The van der Waals surface area contributed by atoms with Gasteiger partial charge in [0.15, 0.2) is 11.6 Å². The number of anilines is 2. The zero-order valence-corrected chi connectivity index (χ0v) is 12.9. The smallest absolute Gasteiger partial charge is 0.181 e. The van der Waals surface area contributed by atoms with E-state index in [9.17, 15) is 0 Å². The molecule has 3 heterocycles. The van der Waals surface area contributed by atoms with Crippen LogP contribution in [0.5, 0.6) is 0 Å². The Morgan fingerprint density at radius 2 is 2.14 bits per heavy atom. The van der Waals surface area contributed by atoms with Crippen LogP contribution in [-0.4, -0.2) is 50.8 Å². The van der Waals surface area contributed by atoms with Gasteiger partial charge in [0.25, 0.3) is 0 Å². The van der Waals surface area contributed by atoms with Crippen molar-refractivity contribution in [2.45, 2.75) is 19.8 Å².